The third-order valence-electron chi connectivity index (χ3n) is 3.08. The highest BCUT2D eigenvalue weighted by molar-refractivity contribution is 5.79. The first-order chi connectivity index (χ1) is 8.74. The Morgan fingerprint density at radius 3 is 2.94 bits per heavy atom. The Kier molecular flexibility index (Phi) is 3.88. The van der Waals surface area contributed by atoms with E-state index in [2.05, 4.69) is 5.92 Å². The van der Waals surface area contributed by atoms with Gasteiger partial charge in [0, 0.05) is 31.0 Å². The molecule has 0 N–H and O–H groups in total. The smallest absolute Gasteiger partial charge is 0.224 e. The molecule has 3 nitrogen and oxygen atoms in total. The van der Waals surface area contributed by atoms with Gasteiger partial charge in [0.05, 0.1) is 6.61 Å². The summed E-state index contributed by atoms with van der Waals surface area (Å²) in [6, 6.07) is 7.81. The van der Waals surface area contributed by atoms with Gasteiger partial charge in [-0.2, -0.15) is 0 Å². The molecule has 1 unspecified atom stereocenters. The number of nitrogens with zero attached hydrogens (tertiary/aromatic N) is 1. The van der Waals surface area contributed by atoms with E-state index in [9.17, 15) is 4.79 Å². The van der Waals surface area contributed by atoms with Gasteiger partial charge in [0.25, 0.3) is 0 Å². The van der Waals surface area contributed by atoms with Crippen LogP contribution in [-0.4, -0.2) is 24.0 Å². The summed E-state index contributed by atoms with van der Waals surface area (Å²) < 4.78 is 5.56. The van der Waals surface area contributed by atoms with E-state index >= 15 is 0 Å². The van der Waals surface area contributed by atoms with Gasteiger partial charge in [-0.05, 0) is 13.0 Å². The Hall–Kier alpha value is -1.95. The van der Waals surface area contributed by atoms with Crippen LogP contribution in [0, 0.1) is 18.3 Å². The summed E-state index contributed by atoms with van der Waals surface area (Å²) in [5, 5.41) is 0. The molecule has 1 aliphatic rings. The Bertz CT molecular complexity index is 476. The van der Waals surface area contributed by atoms with E-state index < -0.39 is 0 Å². The minimum atomic E-state index is 0.0526. The second-order valence-corrected chi connectivity index (χ2v) is 4.38. The summed E-state index contributed by atoms with van der Waals surface area (Å²) in [6.45, 7) is 3.80. The van der Waals surface area contributed by atoms with Crippen LogP contribution in [0.4, 0.5) is 0 Å². The molecule has 1 heterocycles. The maximum atomic E-state index is 11.8. The van der Waals surface area contributed by atoms with Gasteiger partial charge < -0.3 is 9.64 Å². The van der Waals surface area contributed by atoms with Gasteiger partial charge in [0.1, 0.15) is 5.75 Å². The topological polar surface area (TPSA) is 29.5 Å². The van der Waals surface area contributed by atoms with Crippen LogP contribution in [0.15, 0.2) is 24.3 Å². The predicted octanol–water partition coefficient (Wildman–Crippen LogP) is 2.07. The molecule has 2 rings (SSSR count). The summed E-state index contributed by atoms with van der Waals surface area (Å²) in [4.78, 5) is 13.6. The molecule has 0 saturated carbocycles. The number of para-hydroxylation sites is 1. The van der Waals surface area contributed by atoms with E-state index in [1.54, 1.807) is 0 Å². The zero-order valence-electron chi connectivity index (χ0n) is 10.6. The lowest BCUT2D eigenvalue weighted by Crippen LogP contribution is -2.24. The van der Waals surface area contributed by atoms with Crippen LogP contribution in [0.1, 0.15) is 18.9 Å². The highest BCUT2D eigenvalue weighted by Crippen LogP contribution is 2.24. The van der Waals surface area contributed by atoms with Crippen LogP contribution in [0.3, 0.4) is 0 Å². The highest BCUT2D eigenvalue weighted by Gasteiger charge is 2.28. The van der Waals surface area contributed by atoms with Crippen molar-refractivity contribution < 1.29 is 9.53 Å². The molecule has 94 valence electrons. The molecular formula is C15H17NO2. The molecule has 0 aliphatic carbocycles. The van der Waals surface area contributed by atoms with E-state index in [4.69, 9.17) is 11.2 Å². The number of amides is 1. The molecule has 1 fully saturated rings. The Morgan fingerprint density at radius 1 is 1.50 bits per heavy atom. The third kappa shape index (κ3) is 2.65. The number of benzene rings is 1. The van der Waals surface area contributed by atoms with E-state index in [0.29, 0.717) is 26.1 Å². The summed E-state index contributed by atoms with van der Waals surface area (Å²) >= 11 is 0. The van der Waals surface area contributed by atoms with Crippen molar-refractivity contribution >= 4 is 5.91 Å². The zero-order chi connectivity index (χ0) is 13.0. The highest BCUT2D eigenvalue weighted by atomic mass is 16.5. The van der Waals surface area contributed by atoms with Gasteiger partial charge in [-0.15, -0.1) is 12.3 Å². The van der Waals surface area contributed by atoms with Crippen LogP contribution in [-0.2, 0) is 11.3 Å². The molecule has 1 atom stereocenters. The number of terminal acetylenes is 1. The number of hydrogen-bond donors (Lipinski definition) is 0. The van der Waals surface area contributed by atoms with Crippen molar-refractivity contribution in [1.29, 1.82) is 0 Å². The van der Waals surface area contributed by atoms with E-state index in [0.717, 1.165) is 11.3 Å². The van der Waals surface area contributed by atoms with Crippen molar-refractivity contribution in [2.24, 2.45) is 5.92 Å². The summed E-state index contributed by atoms with van der Waals surface area (Å²) in [7, 11) is 0. The maximum absolute atomic E-state index is 11.8. The van der Waals surface area contributed by atoms with Crippen molar-refractivity contribution in [3.05, 3.63) is 29.8 Å². The largest absolute Gasteiger partial charge is 0.494 e. The summed E-state index contributed by atoms with van der Waals surface area (Å²) in [6.07, 6.45) is 5.84. The second kappa shape index (κ2) is 5.59. The number of likely N-dealkylation sites (tertiary alicyclic amines) is 1. The van der Waals surface area contributed by atoms with E-state index in [-0.39, 0.29) is 11.8 Å². The van der Waals surface area contributed by atoms with Gasteiger partial charge in [-0.1, -0.05) is 18.2 Å². The molecule has 1 saturated heterocycles. The molecule has 0 aromatic heterocycles. The maximum Gasteiger partial charge on any atom is 0.224 e. The van der Waals surface area contributed by atoms with Crippen molar-refractivity contribution in [1.82, 2.24) is 4.90 Å². The van der Waals surface area contributed by atoms with Crippen molar-refractivity contribution in [2.45, 2.75) is 19.9 Å². The molecule has 1 amide bonds. The fourth-order valence-corrected chi connectivity index (χ4v) is 2.17. The van der Waals surface area contributed by atoms with Gasteiger partial charge in [-0.3, -0.25) is 4.79 Å². The SMILES string of the molecule is C#CC1CC(=O)N(Cc2ccccc2OCC)C1. The molecule has 1 aliphatic heterocycles. The quantitative estimate of drug-likeness (QED) is 0.758. The first-order valence-electron chi connectivity index (χ1n) is 6.19. The third-order valence-corrected chi connectivity index (χ3v) is 3.08. The zero-order valence-corrected chi connectivity index (χ0v) is 10.6. The molecule has 0 radical (unpaired) electrons. The standard InChI is InChI=1S/C15H17NO2/c1-3-12-9-15(17)16(10-12)11-13-7-5-6-8-14(13)18-4-2/h1,5-8,12H,4,9-11H2,2H3. The molecule has 18 heavy (non-hydrogen) atoms. The Labute approximate surface area is 108 Å². The second-order valence-electron chi connectivity index (χ2n) is 4.38. The molecule has 0 spiro atoms. The monoisotopic (exact) mass is 243 g/mol. The van der Waals surface area contributed by atoms with Crippen LogP contribution in [0.5, 0.6) is 5.75 Å². The molecular weight excluding hydrogens is 226 g/mol. The van der Waals surface area contributed by atoms with Crippen LogP contribution in [0.25, 0.3) is 0 Å². The average Bonchev–Trinajstić information content (AvgIpc) is 2.73. The summed E-state index contributed by atoms with van der Waals surface area (Å²) in [5.74, 6) is 3.68. The Balaban J connectivity index is 2.10. The van der Waals surface area contributed by atoms with Crippen LogP contribution < -0.4 is 4.74 Å². The number of hydrogen-bond acceptors (Lipinski definition) is 2. The molecule has 0 bridgehead atoms. The number of carbonyl (C=O) groups excluding carboxylic acids is 1. The van der Waals surface area contributed by atoms with Gasteiger partial charge in [-0.25, -0.2) is 0 Å². The molecule has 1 aromatic carbocycles. The molecule has 1 aromatic rings. The first-order valence-corrected chi connectivity index (χ1v) is 6.19. The van der Waals surface area contributed by atoms with Crippen molar-refractivity contribution in [2.75, 3.05) is 13.2 Å². The molecule has 3 heteroatoms. The fraction of sp³-hybridized carbons (Fsp3) is 0.400. The first kappa shape index (κ1) is 12.5. The van der Waals surface area contributed by atoms with E-state index in [1.165, 1.54) is 0 Å². The number of ether oxygens (including phenoxy) is 1. The fourth-order valence-electron chi connectivity index (χ4n) is 2.17. The Morgan fingerprint density at radius 2 is 2.28 bits per heavy atom. The van der Waals surface area contributed by atoms with Crippen molar-refractivity contribution in [3.8, 4) is 18.1 Å². The lowest BCUT2D eigenvalue weighted by Gasteiger charge is -2.18. The number of rotatable bonds is 4. The predicted molar refractivity (Wildman–Crippen MR) is 70.0 cm³/mol. The van der Waals surface area contributed by atoms with Gasteiger partial charge >= 0.3 is 0 Å². The van der Waals surface area contributed by atoms with Crippen molar-refractivity contribution in [3.63, 3.8) is 0 Å². The number of carbonyl (C=O) groups is 1. The lowest BCUT2D eigenvalue weighted by atomic mass is 10.1. The van der Waals surface area contributed by atoms with Gasteiger partial charge in [0.2, 0.25) is 5.91 Å². The van der Waals surface area contributed by atoms with Gasteiger partial charge in [0.15, 0.2) is 0 Å². The van der Waals surface area contributed by atoms with Crippen LogP contribution >= 0.6 is 0 Å². The minimum Gasteiger partial charge on any atom is -0.494 e. The van der Waals surface area contributed by atoms with Crippen LogP contribution in [0.2, 0.25) is 0 Å². The average molecular weight is 243 g/mol. The lowest BCUT2D eigenvalue weighted by molar-refractivity contribution is -0.128. The van der Waals surface area contributed by atoms with E-state index in [1.807, 2.05) is 36.1 Å². The minimum absolute atomic E-state index is 0.0526. The normalized spacial score (nSPS) is 18.8. The summed E-state index contributed by atoms with van der Waals surface area (Å²) in [5.41, 5.74) is 1.03.